The second-order valence-electron chi connectivity index (χ2n) is 6.17. The maximum Gasteiger partial charge on any atom is 0.415 e. The summed E-state index contributed by atoms with van der Waals surface area (Å²) in [5.74, 6) is 1.24. The van der Waals surface area contributed by atoms with Crippen molar-refractivity contribution in [1.29, 1.82) is 0 Å². The largest absolute Gasteiger partial charge is 0.415 e. The summed E-state index contributed by atoms with van der Waals surface area (Å²) in [5.41, 5.74) is 0.319. The van der Waals surface area contributed by atoms with Gasteiger partial charge < -0.3 is 5.11 Å². The first-order valence-corrected chi connectivity index (χ1v) is 10.4. The lowest BCUT2D eigenvalue weighted by Gasteiger charge is -2.29. The van der Waals surface area contributed by atoms with E-state index < -0.39 is 18.0 Å². The molecule has 0 saturated heterocycles. The first kappa shape index (κ1) is 21.7. The Hall–Kier alpha value is -2.04. The number of hydrogen-bond donors (Lipinski definition) is 1. The molecule has 1 aliphatic rings. The molecule has 154 valence electrons. The predicted octanol–water partition coefficient (Wildman–Crippen LogP) is 5.32. The molecule has 1 N–H and O–H groups in total. The number of thioether (sulfide) groups is 1. The van der Waals surface area contributed by atoms with Crippen LogP contribution in [0.15, 0.2) is 68.4 Å². The normalized spacial score (nSPS) is 17.8. The summed E-state index contributed by atoms with van der Waals surface area (Å²) in [7, 11) is 0. The molecule has 0 spiro atoms. The molecule has 2 aromatic heterocycles. The van der Waals surface area contributed by atoms with Crippen LogP contribution in [0.5, 0.6) is 0 Å². The summed E-state index contributed by atoms with van der Waals surface area (Å²) in [6, 6.07) is 3.68. The molecule has 0 saturated carbocycles. The zero-order chi connectivity index (χ0) is 21.3. The van der Waals surface area contributed by atoms with Crippen LogP contribution in [-0.4, -0.2) is 39.0 Å². The van der Waals surface area contributed by atoms with Crippen LogP contribution in [0.1, 0.15) is 13.8 Å². The minimum Gasteiger partial charge on any atom is -0.369 e. The monoisotopic (exact) mass is 486 g/mol. The second kappa shape index (κ2) is 8.37. The van der Waals surface area contributed by atoms with Crippen molar-refractivity contribution in [1.82, 2.24) is 9.38 Å². The Bertz CT molecular complexity index is 1040. The molecule has 1 atom stereocenters. The highest BCUT2D eigenvalue weighted by Gasteiger charge is 2.31. The number of imidazole rings is 1. The molecule has 3 rings (SSSR count). The first-order valence-electron chi connectivity index (χ1n) is 8.59. The summed E-state index contributed by atoms with van der Waals surface area (Å²) in [6.07, 6.45) is -0.441. The van der Waals surface area contributed by atoms with Crippen molar-refractivity contribution in [2.75, 3.05) is 10.7 Å². The molecule has 0 fully saturated rings. The number of fused-ring (bicyclic) bond motifs is 1. The SMILES string of the molecule is C=C(/C=C\C1=C(C)N=CN(c2nc3ccc(Br)cn3c2SCC)C1O)C(F)(F)F. The maximum atomic E-state index is 12.7. The second-order valence-corrected chi connectivity index (χ2v) is 8.34. The van der Waals surface area contributed by atoms with E-state index in [1.165, 1.54) is 29.1 Å². The number of halogens is 4. The van der Waals surface area contributed by atoms with E-state index in [9.17, 15) is 18.3 Å². The zero-order valence-corrected chi connectivity index (χ0v) is 18.0. The summed E-state index contributed by atoms with van der Waals surface area (Å²) in [4.78, 5) is 10.3. The lowest BCUT2D eigenvalue weighted by molar-refractivity contribution is -0.0878. The molecule has 3 heterocycles. The number of allylic oxidation sites excluding steroid dienone is 3. The van der Waals surface area contributed by atoms with Crippen molar-refractivity contribution in [2.45, 2.75) is 31.3 Å². The van der Waals surface area contributed by atoms with E-state index in [-0.39, 0.29) is 5.57 Å². The minimum absolute atomic E-state index is 0.239. The van der Waals surface area contributed by atoms with Crippen LogP contribution >= 0.6 is 27.7 Å². The molecule has 0 amide bonds. The highest BCUT2D eigenvalue weighted by atomic mass is 79.9. The fourth-order valence-electron chi connectivity index (χ4n) is 2.71. The molecule has 0 aromatic carbocycles. The molecular weight excluding hydrogens is 469 g/mol. The van der Waals surface area contributed by atoms with E-state index in [0.717, 1.165) is 21.3 Å². The van der Waals surface area contributed by atoms with Crippen molar-refractivity contribution in [2.24, 2.45) is 4.99 Å². The highest BCUT2D eigenvalue weighted by molar-refractivity contribution is 9.10. The molecule has 0 radical (unpaired) electrons. The maximum absolute atomic E-state index is 12.7. The van der Waals surface area contributed by atoms with Crippen LogP contribution < -0.4 is 4.90 Å². The van der Waals surface area contributed by atoms with Crippen molar-refractivity contribution in [3.8, 4) is 0 Å². The smallest absolute Gasteiger partial charge is 0.369 e. The van der Waals surface area contributed by atoms with Crippen LogP contribution in [0.25, 0.3) is 5.65 Å². The van der Waals surface area contributed by atoms with Gasteiger partial charge >= 0.3 is 6.18 Å². The standard InChI is InChI=1S/C19H18BrF3N4OS/c1-4-29-18-16(25-15-8-6-13(20)9-26(15)18)27-10-24-12(3)14(17(27)28)7-5-11(2)19(21,22)23/h5-10,17,28H,2,4H2,1,3H3/b7-5-. The number of hydrogen-bond acceptors (Lipinski definition) is 5. The van der Waals surface area contributed by atoms with Gasteiger partial charge in [-0.1, -0.05) is 25.7 Å². The third-order valence-corrected chi connectivity index (χ3v) is 5.62. The van der Waals surface area contributed by atoms with Crippen molar-refractivity contribution >= 4 is 45.5 Å². The lowest BCUT2D eigenvalue weighted by Crippen LogP contribution is -2.38. The average Bonchev–Trinajstić information content (AvgIpc) is 2.98. The number of alkyl halides is 3. The van der Waals surface area contributed by atoms with Crippen LogP contribution in [0.2, 0.25) is 0 Å². The summed E-state index contributed by atoms with van der Waals surface area (Å²) in [5, 5.41) is 11.7. The van der Waals surface area contributed by atoms with Crippen molar-refractivity contribution in [3.63, 3.8) is 0 Å². The molecule has 1 aliphatic heterocycles. The summed E-state index contributed by atoms with van der Waals surface area (Å²) < 4.78 is 41.0. The van der Waals surface area contributed by atoms with E-state index >= 15 is 0 Å². The lowest BCUT2D eigenvalue weighted by atomic mass is 10.1. The van der Waals surface area contributed by atoms with Crippen LogP contribution in [0.4, 0.5) is 19.0 Å². The predicted molar refractivity (Wildman–Crippen MR) is 113 cm³/mol. The Kier molecular flexibility index (Phi) is 6.25. The fraction of sp³-hybridized carbons (Fsp3) is 0.263. The Labute approximate surface area is 178 Å². The van der Waals surface area contributed by atoms with Crippen molar-refractivity contribution in [3.05, 3.63) is 58.4 Å². The van der Waals surface area contributed by atoms with Gasteiger partial charge in [-0.3, -0.25) is 9.30 Å². The van der Waals surface area contributed by atoms with Gasteiger partial charge in [-0.2, -0.15) is 13.2 Å². The third-order valence-electron chi connectivity index (χ3n) is 4.21. The molecule has 1 unspecified atom stereocenters. The van der Waals surface area contributed by atoms with E-state index in [0.29, 0.717) is 17.2 Å². The number of aliphatic hydroxyl groups is 1. The van der Waals surface area contributed by atoms with E-state index in [1.54, 1.807) is 6.92 Å². The van der Waals surface area contributed by atoms with Crippen LogP contribution in [-0.2, 0) is 0 Å². The number of aliphatic imine (C=N–C) groups is 1. The van der Waals surface area contributed by atoms with Gasteiger partial charge in [-0.15, -0.1) is 11.8 Å². The number of anilines is 1. The summed E-state index contributed by atoms with van der Waals surface area (Å²) in [6.45, 7) is 6.64. The minimum atomic E-state index is -4.53. The molecule has 10 heteroatoms. The molecule has 0 aliphatic carbocycles. The highest BCUT2D eigenvalue weighted by Crippen LogP contribution is 2.35. The van der Waals surface area contributed by atoms with Gasteiger partial charge in [0, 0.05) is 27.5 Å². The van der Waals surface area contributed by atoms with Crippen molar-refractivity contribution < 1.29 is 18.3 Å². The molecule has 2 aromatic rings. The zero-order valence-electron chi connectivity index (χ0n) is 15.6. The number of aromatic nitrogens is 2. The quantitative estimate of drug-likeness (QED) is 0.458. The van der Waals surface area contributed by atoms with Crippen LogP contribution in [0, 0.1) is 0 Å². The van der Waals surface area contributed by atoms with Gasteiger partial charge in [-0.25, -0.2) is 9.98 Å². The Morgan fingerprint density at radius 3 is 2.79 bits per heavy atom. The molecule has 5 nitrogen and oxygen atoms in total. The van der Waals surface area contributed by atoms with Crippen LogP contribution in [0.3, 0.4) is 0 Å². The molecule has 29 heavy (non-hydrogen) atoms. The van der Waals surface area contributed by atoms with Gasteiger partial charge in [-0.05, 0) is 40.7 Å². The van der Waals surface area contributed by atoms with E-state index in [1.807, 2.05) is 29.7 Å². The number of nitrogens with zero attached hydrogens (tertiary/aromatic N) is 4. The Balaban J connectivity index is 2.01. The van der Waals surface area contributed by atoms with E-state index in [2.05, 4.69) is 32.5 Å². The average molecular weight is 487 g/mol. The number of aliphatic hydroxyl groups excluding tert-OH is 1. The Morgan fingerprint density at radius 1 is 1.41 bits per heavy atom. The van der Waals surface area contributed by atoms with E-state index in [4.69, 9.17) is 0 Å². The topological polar surface area (TPSA) is 53.1 Å². The number of rotatable bonds is 5. The summed E-state index contributed by atoms with van der Waals surface area (Å²) >= 11 is 4.97. The van der Waals surface area contributed by atoms with Gasteiger partial charge in [0.1, 0.15) is 10.7 Å². The molecule has 0 bridgehead atoms. The first-order chi connectivity index (χ1) is 13.6. The van der Waals surface area contributed by atoms with Gasteiger partial charge in [0.25, 0.3) is 0 Å². The number of pyridine rings is 1. The Morgan fingerprint density at radius 2 is 2.14 bits per heavy atom. The molecular formula is C19H18BrF3N4OS. The van der Waals surface area contributed by atoms with Gasteiger partial charge in [0.05, 0.1) is 6.34 Å². The third kappa shape index (κ3) is 4.44. The van der Waals surface area contributed by atoms with Gasteiger partial charge in [0.15, 0.2) is 12.0 Å². The fourth-order valence-corrected chi connectivity index (χ4v) is 3.88. The van der Waals surface area contributed by atoms with Gasteiger partial charge in [0.2, 0.25) is 0 Å².